The van der Waals surface area contributed by atoms with Gasteiger partial charge in [-0.3, -0.25) is 0 Å². The lowest BCUT2D eigenvalue weighted by Gasteiger charge is -2.13. The topological polar surface area (TPSA) is 98.3 Å². The maximum Gasteiger partial charge on any atom is 0.227 e. The van der Waals surface area contributed by atoms with Crippen LogP contribution in [0.2, 0.25) is 0 Å². The van der Waals surface area contributed by atoms with Gasteiger partial charge in [-0.15, -0.1) is 10.2 Å². The second kappa shape index (κ2) is 12.1. The van der Waals surface area contributed by atoms with Crippen molar-refractivity contribution in [2.24, 2.45) is 0 Å². The van der Waals surface area contributed by atoms with Crippen molar-refractivity contribution in [2.45, 2.75) is 39.7 Å². The van der Waals surface area contributed by atoms with Crippen LogP contribution in [0.15, 0.2) is 114 Å². The highest BCUT2D eigenvalue weighted by molar-refractivity contribution is 5.86. The lowest BCUT2D eigenvalue weighted by Crippen LogP contribution is -2.06. The fourth-order valence-corrected chi connectivity index (χ4v) is 6.40. The first-order valence-corrected chi connectivity index (χ1v) is 16.0. The summed E-state index contributed by atoms with van der Waals surface area (Å²) in [7, 11) is 0. The Morgan fingerprint density at radius 3 is 2.34 bits per heavy atom. The molecule has 0 amide bonds. The van der Waals surface area contributed by atoms with Crippen molar-refractivity contribution in [1.29, 1.82) is 0 Å². The molecule has 8 nitrogen and oxygen atoms in total. The van der Waals surface area contributed by atoms with Crippen molar-refractivity contribution >= 4 is 22.1 Å². The molecule has 3 aromatic heterocycles. The normalized spacial score (nSPS) is 11.5. The number of nitrogens with one attached hydrogen (secondary N) is 1. The summed E-state index contributed by atoms with van der Waals surface area (Å²) in [5.41, 5.74) is 12.4. The van der Waals surface area contributed by atoms with Crippen LogP contribution in [0.1, 0.15) is 41.4 Å². The highest BCUT2D eigenvalue weighted by Crippen LogP contribution is 2.34. The summed E-state index contributed by atoms with van der Waals surface area (Å²) in [5, 5.41) is 15.1. The Morgan fingerprint density at radius 1 is 0.745 bits per heavy atom. The van der Waals surface area contributed by atoms with Gasteiger partial charge in [0.1, 0.15) is 11.3 Å². The second-order valence-electron chi connectivity index (χ2n) is 12.0. The predicted octanol–water partition coefficient (Wildman–Crippen LogP) is 8.59. The number of tetrazole rings is 1. The second-order valence-corrected chi connectivity index (χ2v) is 12.0. The first-order chi connectivity index (χ1) is 23.1. The molecule has 0 fully saturated rings. The van der Waals surface area contributed by atoms with E-state index in [0.717, 1.165) is 80.6 Å². The Balaban J connectivity index is 1.19. The average Bonchev–Trinajstić information content (AvgIpc) is 3.86. The third-order valence-electron chi connectivity index (χ3n) is 8.64. The Kier molecular flexibility index (Phi) is 7.38. The number of H-pyrrole nitrogens is 1. The van der Waals surface area contributed by atoms with Crippen LogP contribution < -0.4 is 0 Å². The van der Waals surface area contributed by atoms with Crippen molar-refractivity contribution in [1.82, 2.24) is 35.2 Å². The van der Waals surface area contributed by atoms with E-state index in [1.165, 1.54) is 11.1 Å². The summed E-state index contributed by atoms with van der Waals surface area (Å²) in [6.45, 7) is 4.95. The number of rotatable bonds is 9. The number of oxazole rings is 1. The summed E-state index contributed by atoms with van der Waals surface area (Å²) >= 11 is 0. The van der Waals surface area contributed by atoms with Gasteiger partial charge in [-0.25, -0.2) is 9.97 Å². The van der Waals surface area contributed by atoms with Gasteiger partial charge < -0.3 is 8.98 Å². The molecule has 5 aromatic carbocycles. The van der Waals surface area contributed by atoms with Gasteiger partial charge >= 0.3 is 0 Å². The lowest BCUT2D eigenvalue weighted by atomic mass is 9.97. The molecule has 0 atom stereocenters. The third kappa shape index (κ3) is 5.59. The van der Waals surface area contributed by atoms with Gasteiger partial charge in [0.15, 0.2) is 5.58 Å². The van der Waals surface area contributed by atoms with Crippen molar-refractivity contribution < 1.29 is 4.42 Å². The standard InChI is InChI=1S/C39H33N7O/c1-3-10-36-41-37-25(2)19-30(39-40-33-22-27(16-18-35(33)47-39)20-26-11-6-4-7-12-26)23-34(37)46(36)24-28-15-17-31(29-13-8-5-9-14-29)32(21-28)38-42-44-45-43-38/h4-9,11-19,21-23H,3,10,20,24H2,1-2H3,(H,42,43,44,45). The third-order valence-corrected chi connectivity index (χ3v) is 8.64. The van der Waals surface area contributed by atoms with E-state index >= 15 is 0 Å². The Hall–Kier alpha value is -5.89. The number of imidazole rings is 1. The monoisotopic (exact) mass is 615 g/mol. The zero-order chi connectivity index (χ0) is 31.7. The Morgan fingerprint density at radius 2 is 1.55 bits per heavy atom. The number of benzene rings is 5. The molecule has 0 unspecified atom stereocenters. The molecule has 8 aromatic rings. The van der Waals surface area contributed by atoms with Crippen LogP contribution in [-0.2, 0) is 19.4 Å². The van der Waals surface area contributed by atoms with Crippen LogP contribution in [0.25, 0.3) is 56.1 Å². The maximum atomic E-state index is 6.32. The minimum atomic E-state index is 0.566. The van der Waals surface area contributed by atoms with Gasteiger partial charge in [-0.2, -0.15) is 5.21 Å². The molecule has 1 N–H and O–H groups in total. The lowest BCUT2D eigenvalue weighted by molar-refractivity contribution is 0.619. The number of aromatic amines is 1. The Labute approximate surface area is 272 Å². The molecule has 0 aliphatic rings. The first kappa shape index (κ1) is 28.6. The van der Waals surface area contributed by atoms with Crippen molar-refractivity contribution in [3.8, 4) is 34.0 Å². The van der Waals surface area contributed by atoms with Crippen LogP contribution in [0.4, 0.5) is 0 Å². The van der Waals surface area contributed by atoms with Crippen LogP contribution in [0, 0.1) is 6.92 Å². The molecule has 0 saturated heterocycles. The van der Waals surface area contributed by atoms with Gasteiger partial charge in [-0.05, 0) is 88.7 Å². The van der Waals surface area contributed by atoms with E-state index in [2.05, 4.69) is 118 Å². The summed E-state index contributed by atoms with van der Waals surface area (Å²) in [6, 6.07) is 37.9. The van der Waals surface area contributed by atoms with Crippen LogP contribution in [0.5, 0.6) is 0 Å². The van der Waals surface area contributed by atoms with Gasteiger partial charge in [-0.1, -0.05) is 85.8 Å². The van der Waals surface area contributed by atoms with E-state index in [-0.39, 0.29) is 0 Å². The fourth-order valence-electron chi connectivity index (χ4n) is 6.40. The molecule has 3 heterocycles. The van der Waals surface area contributed by atoms with Crippen molar-refractivity contribution in [2.75, 3.05) is 0 Å². The predicted molar refractivity (Wildman–Crippen MR) is 185 cm³/mol. The average molecular weight is 616 g/mol. The first-order valence-electron chi connectivity index (χ1n) is 16.0. The zero-order valence-corrected chi connectivity index (χ0v) is 26.3. The molecule has 0 aliphatic heterocycles. The summed E-state index contributed by atoms with van der Waals surface area (Å²) in [6.07, 6.45) is 2.72. The molecule has 230 valence electrons. The molecule has 0 saturated carbocycles. The minimum absolute atomic E-state index is 0.566. The molecule has 0 spiro atoms. The summed E-state index contributed by atoms with van der Waals surface area (Å²) < 4.78 is 8.65. The van der Waals surface area contributed by atoms with E-state index in [9.17, 15) is 0 Å². The van der Waals surface area contributed by atoms with Crippen LogP contribution in [0.3, 0.4) is 0 Å². The Bertz CT molecular complexity index is 2320. The molecular weight excluding hydrogens is 582 g/mol. The smallest absolute Gasteiger partial charge is 0.227 e. The molecule has 0 radical (unpaired) electrons. The SMILES string of the molecule is CCCc1nc2c(C)cc(-c3nc4cc(Cc5ccccc5)ccc4o3)cc2n1Cc1ccc(-c2ccccc2)c(-c2nn[nH]n2)c1. The molecule has 0 bridgehead atoms. The van der Waals surface area contributed by atoms with E-state index < -0.39 is 0 Å². The van der Waals surface area contributed by atoms with Gasteiger partial charge in [0.2, 0.25) is 11.7 Å². The largest absolute Gasteiger partial charge is 0.436 e. The number of fused-ring (bicyclic) bond motifs is 2. The minimum Gasteiger partial charge on any atom is -0.436 e. The van der Waals surface area contributed by atoms with Gasteiger partial charge in [0.05, 0.1) is 11.0 Å². The zero-order valence-electron chi connectivity index (χ0n) is 26.3. The maximum absolute atomic E-state index is 6.32. The van der Waals surface area contributed by atoms with Gasteiger partial charge in [0, 0.05) is 24.1 Å². The number of hydrogen-bond acceptors (Lipinski definition) is 6. The molecule has 8 heteroatoms. The highest BCUT2D eigenvalue weighted by Gasteiger charge is 2.19. The number of nitrogens with zero attached hydrogens (tertiary/aromatic N) is 6. The molecule has 47 heavy (non-hydrogen) atoms. The van der Waals surface area contributed by atoms with Crippen molar-refractivity contribution in [3.63, 3.8) is 0 Å². The highest BCUT2D eigenvalue weighted by atomic mass is 16.3. The summed E-state index contributed by atoms with van der Waals surface area (Å²) in [4.78, 5) is 10.1. The van der Waals surface area contributed by atoms with E-state index in [1.807, 2.05) is 30.3 Å². The summed E-state index contributed by atoms with van der Waals surface area (Å²) in [5.74, 6) is 2.23. The number of hydrogen-bond donors (Lipinski definition) is 1. The fraction of sp³-hybridized carbons (Fsp3) is 0.154. The van der Waals surface area contributed by atoms with E-state index in [0.29, 0.717) is 18.3 Å². The van der Waals surface area contributed by atoms with E-state index in [4.69, 9.17) is 14.4 Å². The molecule has 0 aliphatic carbocycles. The molecular formula is C39H33N7O. The van der Waals surface area contributed by atoms with E-state index in [1.54, 1.807) is 0 Å². The number of aryl methyl sites for hydroxylation is 2. The number of aromatic nitrogens is 7. The van der Waals surface area contributed by atoms with Crippen LogP contribution >= 0.6 is 0 Å². The molecule has 8 rings (SSSR count). The van der Waals surface area contributed by atoms with Crippen LogP contribution in [-0.4, -0.2) is 35.2 Å². The van der Waals surface area contributed by atoms with Crippen molar-refractivity contribution in [3.05, 3.63) is 137 Å². The quantitative estimate of drug-likeness (QED) is 0.175. The van der Waals surface area contributed by atoms with Gasteiger partial charge in [0.25, 0.3) is 0 Å².